The molecule has 2 N–H and O–H groups in total. The molecule has 2 aromatic rings. The molecular weight excluding hydrogens is 268 g/mol. The molecule has 4 nitrogen and oxygen atoms in total. The summed E-state index contributed by atoms with van der Waals surface area (Å²) in [5, 5.41) is 8.42. The summed E-state index contributed by atoms with van der Waals surface area (Å²) in [6.45, 7) is 1.00. The minimum absolute atomic E-state index is 0.736. The van der Waals surface area contributed by atoms with E-state index in [1.165, 1.54) is 0 Å². The van der Waals surface area contributed by atoms with Gasteiger partial charge in [0.1, 0.15) is 5.82 Å². The normalized spacial score (nSPS) is 14.1. The number of anilines is 1. The Morgan fingerprint density at radius 1 is 1.25 bits per heavy atom. The first kappa shape index (κ1) is 9.84. The summed E-state index contributed by atoms with van der Waals surface area (Å²) >= 11 is 3.44. The maximum absolute atomic E-state index is 5.82. The van der Waals surface area contributed by atoms with E-state index in [0.29, 0.717) is 0 Å². The predicted molar refractivity (Wildman–Crippen MR) is 65.9 cm³/mol. The molecule has 1 aliphatic rings. The number of hydrogen-bond donors (Lipinski definition) is 1. The maximum atomic E-state index is 5.82. The zero-order valence-corrected chi connectivity index (χ0v) is 10.2. The molecule has 0 spiro atoms. The standard InChI is InChI=1S/C11H11BrN4/c12-8-4-7(5-9(13)6-8)11-15-14-10-2-1-3-16(10)11/h4-6H,1-3,13H2. The Balaban J connectivity index is 2.15. The molecule has 0 atom stereocenters. The van der Waals surface area contributed by atoms with Crippen LogP contribution in [0.25, 0.3) is 11.4 Å². The molecule has 16 heavy (non-hydrogen) atoms. The number of rotatable bonds is 1. The molecule has 0 unspecified atom stereocenters. The van der Waals surface area contributed by atoms with Gasteiger partial charge in [0.15, 0.2) is 5.82 Å². The van der Waals surface area contributed by atoms with Crippen LogP contribution < -0.4 is 5.73 Å². The Bertz CT molecular complexity index is 527. The second-order valence-corrected chi connectivity index (χ2v) is 4.88. The number of benzene rings is 1. The quantitative estimate of drug-likeness (QED) is 0.814. The zero-order valence-electron chi connectivity index (χ0n) is 8.65. The lowest BCUT2D eigenvalue weighted by Crippen LogP contribution is -1.97. The average molecular weight is 279 g/mol. The molecule has 1 aromatic carbocycles. The molecule has 0 saturated carbocycles. The Hall–Kier alpha value is -1.36. The highest BCUT2D eigenvalue weighted by Gasteiger charge is 2.18. The van der Waals surface area contributed by atoms with E-state index in [0.717, 1.165) is 46.8 Å². The molecule has 1 aromatic heterocycles. The number of hydrogen-bond acceptors (Lipinski definition) is 3. The van der Waals surface area contributed by atoms with Gasteiger partial charge in [0.2, 0.25) is 0 Å². The second-order valence-electron chi connectivity index (χ2n) is 3.97. The monoisotopic (exact) mass is 278 g/mol. The summed E-state index contributed by atoms with van der Waals surface area (Å²) in [7, 11) is 0. The molecule has 3 rings (SSSR count). The summed E-state index contributed by atoms with van der Waals surface area (Å²) in [4.78, 5) is 0. The van der Waals surface area contributed by atoms with Crippen LogP contribution in [-0.4, -0.2) is 14.8 Å². The van der Waals surface area contributed by atoms with Gasteiger partial charge in [0.25, 0.3) is 0 Å². The summed E-state index contributed by atoms with van der Waals surface area (Å²) < 4.78 is 3.14. The number of halogens is 1. The van der Waals surface area contributed by atoms with Crippen LogP contribution in [0.3, 0.4) is 0 Å². The van der Waals surface area contributed by atoms with Crippen molar-refractivity contribution in [1.82, 2.24) is 14.8 Å². The van der Waals surface area contributed by atoms with Gasteiger partial charge >= 0.3 is 0 Å². The first-order valence-corrected chi connectivity index (χ1v) is 6.02. The summed E-state index contributed by atoms with van der Waals surface area (Å²) in [5.41, 5.74) is 7.58. The van der Waals surface area contributed by atoms with Gasteiger partial charge in [-0.05, 0) is 24.6 Å². The van der Waals surface area contributed by atoms with Gasteiger partial charge in [-0.3, -0.25) is 0 Å². The fourth-order valence-corrected chi connectivity index (χ4v) is 2.62. The van der Waals surface area contributed by atoms with Gasteiger partial charge in [-0.2, -0.15) is 0 Å². The van der Waals surface area contributed by atoms with Gasteiger partial charge in [-0.15, -0.1) is 10.2 Å². The van der Waals surface area contributed by atoms with Crippen LogP contribution in [0.4, 0.5) is 5.69 Å². The van der Waals surface area contributed by atoms with Crippen LogP contribution in [0.1, 0.15) is 12.2 Å². The third-order valence-corrected chi connectivity index (χ3v) is 3.25. The second kappa shape index (κ2) is 3.59. The SMILES string of the molecule is Nc1cc(Br)cc(-c2nnc3n2CCC3)c1. The van der Waals surface area contributed by atoms with Gasteiger partial charge in [-0.25, -0.2) is 0 Å². The van der Waals surface area contributed by atoms with E-state index in [1.807, 2.05) is 18.2 Å². The molecule has 0 saturated heterocycles. The zero-order chi connectivity index (χ0) is 11.1. The number of fused-ring (bicyclic) bond motifs is 1. The van der Waals surface area contributed by atoms with Gasteiger partial charge in [-0.1, -0.05) is 15.9 Å². The predicted octanol–water partition coefficient (Wildman–Crippen LogP) is 2.24. The van der Waals surface area contributed by atoms with E-state index < -0.39 is 0 Å². The summed E-state index contributed by atoms with van der Waals surface area (Å²) in [6.07, 6.45) is 2.18. The first-order chi connectivity index (χ1) is 7.74. The molecule has 0 bridgehead atoms. The van der Waals surface area contributed by atoms with Crippen molar-refractivity contribution >= 4 is 21.6 Å². The molecule has 1 aliphatic heterocycles. The van der Waals surface area contributed by atoms with Crippen molar-refractivity contribution in [2.45, 2.75) is 19.4 Å². The summed E-state index contributed by atoms with van der Waals surface area (Å²) in [6, 6.07) is 5.83. The van der Waals surface area contributed by atoms with Crippen molar-refractivity contribution in [3.63, 3.8) is 0 Å². The summed E-state index contributed by atoms with van der Waals surface area (Å²) in [5.74, 6) is 1.99. The Labute approximate surface area is 102 Å². The van der Waals surface area contributed by atoms with E-state index in [-0.39, 0.29) is 0 Å². The van der Waals surface area contributed by atoms with Crippen molar-refractivity contribution in [2.75, 3.05) is 5.73 Å². The minimum atomic E-state index is 0.736. The number of nitrogens with zero attached hydrogens (tertiary/aromatic N) is 3. The molecule has 2 heterocycles. The third kappa shape index (κ3) is 1.51. The van der Waals surface area contributed by atoms with Crippen LogP contribution in [0.15, 0.2) is 22.7 Å². The molecule has 0 radical (unpaired) electrons. The van der Waals surface area contributed by atoms with E-state index >= 15 is 0 Å². The van der Waals surface area contributed by atoms with Crippen molar-refractivity contribution in [3.05, 3.63) is 28.5 Å². The van der Waals surface area contributed by atoms with Gasteiger partial charge < -0.3 is 10.3 Å². The largest absolute Gasteiger partial charge is 0.399 e. The highest BCUT2D eigenvalue weighted by molar-refractivity contribution is 9.10. The van der Waals surface area contributed by atoms with E-state index in [4.69, 9.17) is 5.73 Å². The van der Waals surface area contributed by atoms with Crippen LogP contribution in [0.5, 0.6) is 0 Å². The lowest BCUT2D eigenvalue weighted by atomic mass is 10.2. The Morgan fingerprint density at radius 2 is 2.12 bits per heavy atom. The lowest BCUT2D eigenvalue weighted by molar-refractivity contribution is 0.748. The van der Waals surface area contributed by atoms with Crippen LogP contribution in [0.2, 0.25) is 0 Å². The topological polar surface area (TPSA) is 56.7 Å². The number of aromatic nitrogens is 3. The highest BCUT2D eigenvalue weighted by atomic mass is 79.9. The highest BCUT2D eigenvalue weighted by Crippen LogP contribution is 2.27. The van der Waals surface area contributed by atoms with Crippen molar-refractivity contribution in [3.8, 4) is 11.4 Å². The smallest absolute Gasteiger partial charge is 0.164 e. The van der Waals surface area contributed by atoms with Crippen molar-refractivity contribution in [1.29, 1.82) is 0 Å². The lowest BCUT2D eigenvalue weighted by Gasteiger charge is -2.04. The molecule has 0 aliphatic carbocycles. The van der Waals surface area contributed by atoms with Crippen LogP contribution >= 0.6 is 15.9 Å². The van der Waals surface area contributed by atoms with E-state index in [9.17, 15) is 0 Å². The van der Waals surface area contributed by atoms with Crippen molar-refractivity contribution < 1.29 is 0 Å². The molecule has 82 valence electrons. The van der Waals surface area contributed by atoms with Gasteiger partial charge in [0, 0.05) is 28.7 Å². The Morgan fingerprint density at radius 3 is 2.94 bits per heavy atom. The third-order valence-electron chi connectivity index (χ3n) is 2.79. The number of nitrogens with two attached hydrogens (primary N) is 1. The van der Waals surface area contributed by atoms with Crippen LogP contribution in [-0.2, 0) is 13.0 Å². The maximum Gasteiger partial charge on any atom is 0.164 e. The molecule has 5 heteroatoms. The fourth-order valence-electron chi connectivity index (χ4n) is 2.11. The van der Waals surface area contributed by atoms with E-state index in [1.54, 1.807) is 0 Å². The Kier molecular flexibility index (Phi) is 2.21. The minimum Gasteiger partial charge on any atom is -0.399 e. The molecular formula is C11H11BrN4. The van der Waals surface area contributed by atoms with Gasteiger partial charge in [0.05, 0.1) is 0 Å². The molecule has 0 amide bonds. The fraction of sp³-hybridized carbons (Fsp3) is 0.273. The first-order valence-electron chi connectivity index (χ1n) is 5.22. The average Bonchev–Trinajstić information content (AvgIpc) is 2.75. The number of nitrogen functional groups attached to an aromatic ring is 1. The van der Waals surface area contributed by atoms with E-state index in [2.05, 4.69) is 30.7 Å². The van der Waals surface area contributed by atoms with Crippen LogP contribution in [0, 0.1) is 0 Å². The number of aryl methyl sites for hydroxylation is 1. The molecule has 0 fully saturated rings. The van der Waals surface area contributed by atoms with Crippen molar-refractivity contribution in [2.24, 2.45) is 0 Å².